The fourth-order valence-corrected chi connectivity index (χ4v) is 12.2. The summed E-state index contributed by atoms with van der Waals surface area (Å²) in [4.78, 5) is 16.3. The fourth-order valence-electron chi connectivity index (χ4n) is 12.2. The van der Waals surface area contributed by atoms with Crippen molar-refractivity contribution in [1.82, 2.24) is 4.90 Å². The Balaban J connectivity index is 1.44. The molecular formula is C31H51NO. The van der Waals surface area contributed by atoms with Gasteiger partial charge in [-0.1, -0.05) is 47.0 Å². The van der Waals surface area contributed by atoms with Gasteiger partial charge in [-0.2, -0.15) is 0 Å². The van der Waals surface area contributed by atoms with E-state index in [9.17, 15) is 4.79 Å². The quantitative estimate of drug-likeness (QED) is 0.422. The second-order valence-electron chi connectivity index (χ2n) is 15.2. The minimum atomic E-state index is -0.171. The van der Waals surface area contributed by atoms with E-state index in [1.807, 2.05) is 19.0 Å². The predicted octanol–water partition coefficient (Wildman–Crippen LogP) is 7.57. The number of hydrogen-bond acceptors (Lipinski definition) is 1. The lowest BCUT2D eigenvalue weighted by Gasteiger charge is -2.68. The maximum atomic E-state index is 14.3. The molecule has 1 amide bonds. The van der Waals surface area contributed by atoms with Crippen molar-refractivity contribution in [2.75, 3.05) is 14.1 Å². The van der Waals surface area contributed by atoms with E-state index < -0.39 is 0 Å². The largest absolute Gasteiger partial charge is 0.348 e. The standard InChI is InChI=1S/C31H51NO/c1-28(2)19-24-23-12-11-20-9-7-8-10-21(20)22(23)13-14-25(24)30(4)26(29(3)17-18-29)15-16-31(28,30)27(33)32(5)6/h20-26H,7-19H2,1-6H3. The van der Waals surface area contributed by atoms with Gasteiger partial charge in [-0.15, -0.1) is 0 Å². The zero-order valence-electron chi connectivity index (χ0n) is 22.6. The molecule has 0 aromatic heterocycles. The van der Waals surface area contributed by atoms with E-state index >= 15 is 0 Å². The first-order chi connectivity index (χ1) is 15.6. The van der Waals surface area contributed by atoms with Crippen molar-refractivity contribution >= 4 is 5.91 Å². The third-order valence-electron chi connectivity index (χ3n) is 13.6. The van der Waals surface area contributed by atoms with Gasteiger partial charge in [-0.05, 0) is 122 Å². The molecule has 0 radical (unpaired) electrons. The lowest BCUT2D eigenvalue weighted by molar-refractivity contribution is -0.215. The summed E-state index contributed by atoms with van der Waals surface area (Å²) in [6.45, 7) is 10.3. The first-order valence-corrected chi connectivity index (χ1v) is 14.8. The summed E-state index contributed by atoms with van der Waals surface area (Å²) in [5.74, 6) is 6.85. The topological polar surface area (TPSA) is 20.3 Å². The minimum Gasteiger partial charge on any atom is -0.348 e. The Kier molecular flexibility index (Phi) is 5.03. The molecule has 2 nitrogen and oxygen atoms in total. The van der Waals surface area contributed by atoms with Gasteiger partial charge < -0.3 is 4.90 Å². The first kappa shape index (κ1) is 22.9. The highest BCUT2D eigenvalue weighted by atomic mass is 16.2. The zero-order chi connectivity index (χ0) is 23.4. The van der Waals surface area contributed by atoms with Gasteiger partial charge in [0.1, 0.15) is 0 Å². The van der Waals surface area contributed by atoms with Crippen molar-refractivity contribution in [3.8, 4) is 0 Å². The molecule has 0 heterocycles. The van der Waals surface area contributed by atoms with E-state index in [1.54, 1.807) is 0 Å². The molecule has 0 spiro atoms. The van der Waals surface area contributed by atoms with Crippen molar-refractivity contribution in [3.63, 3.8) is 0 Å². The minimum absolute atomic E-state index is 0.0928. The lowest BCUT2D eigenvalue weighted by Crippen LogP contribution is -2.67. The van der Waals surface area contributed by atoms with Crippen LogP contribution in [0.4, 0.5) is 0 Å². The van der Waals surface area contributed by atoms with E-state index in [1.165, 1.54) is 77.0 Å². The van der Waals surface area contributed by atoms with Gasteiger partial charge in [-0.25, -0.2) is 0 Å². The maximum absolute atomic E-state index is 14.3. The molecule has 0 aromatic rings. The average Bonchev–Trinajstić information content (AvgIpc) is 3.42. The third kappa shape index (κ3) is 2.82. The molecule has 6 rings (SSSR count). The maximum Gasteiger partial charge on any atom is 0.229 e. The molecule has 0 aliphatic heterocycles. The van der Waals surface area contributed by atoms with Crippen molar-refractivity contribution < 1.29 is 4.79 Å². The Morgan fingerprint density at radius 3 is 2.09 bits per heavy atom. The number of carbonyl (C=O) groups excluding carboxylic acids is 1. The molecule has 2 heteroatoms. The Hall–Kier alpha value is -0.530. The number of fused-ring (bicyclic) bond motifs is 7. The van der Waals surface area contributed by atoms with Crippen LogP contribution in [0, 0.1) is 63.1 Å². The Labute approximate surface area is 204 Å². The summed E-state index contributed by atoms with van der Waals surface area (Å²) in [7, 11) is 4.07. The van der Waals surface area contributed by atoms with E-state index in [2.05, 4.69) is 27.7 Å². The van der Waals surface area contributed by atoms with Crippen LogP contribution in [-0.2, 0) is 4.79 Å². The average molecular weight is 454 g/mol. The lowest BCUT2D eigenvalue weighted by atomic mass is 9.35. The van der Waals surface area contributed by atoms with Crippen molar-refractivity contribution in [1.29, 1.82) is 0 Å². The molecule has 6 aliphatic carbocycles. The normalized spacial score (nSPS) is 51.5. The molecule has 33 heavy (non-hydrogen) atoms. The summed E-state index contributed by atoms with van der Waals surface area (Å²) in [6, 6.07) is 0. The Morgan fingerprint density at radius 2 is 1.39 bits per heavy atom. The van der Waals surface area contributed by atoms with Crippen LogP contribution in [0.25, 0.3) is 0 Å². The molecule has 9 atom stereocenters. The van der Waals surface area contributed by atoms with Gasteiger partial charge in [-0.3, -0.25) is 4.79 Å². The highest BCUT2D eigenvalue weighted by Gasteiger charge is 2.77. The highest BCUT2D eigenvalue weighted by molar-refractivity contribution is 5.85. The van der Waals surface area contributed by atoms with E-state index in [4.69, 9.17) is 0 Å². The van der Waals surface area contributed by atoms with Gasteiger partial charge in [0.05, 0.1) is 5.41 Å². The number of carbonyl (C=O) groups is 1. The van der Waals surface area contributed by atoms with Crippen LogP contribution in [0.1, 0.15) is 111 Å². The summed E-state index contributed by atoms with van der Waals surface area (Å²) < 4.78 is 0. The van der Waals surface area contributed by atoms with Crippen molar-refractivity contribution in [2.24, 2.45) is 63.1 Å². The monoisotopic (exact) mass is 453 g/mol. The highest BCUT2D eigenvalue weighted by Crippen LogP contribution is 2.80. The molecule has 6 saturated carbocycles. The SMILES string of the molecule is CN(C)C(=O)C12CCC(C3(C)CC3)C1(C)C1CCC3C4CCCCC4CCC3C1CC2(C)C. The van der Waals surface area contributed by atoms with Crippen LogP contribution in [0.3, 0.4) is 0 Å². The van der Waals surface area contributed by atoms with Crippen LogP contribution >= 0.6 is 0 Å². The van der Waals surface area contributed by atoms with Gasteiger partial charge in [0, 0.05) is 14.1 Å². The van der Waals surface area contributed by atoms with E-state index in [0.717, 1.165) is 47.8 Å². The number of amides is 1. The van der Waals surface area contributed by atoms with Crippen LogP contribution < -0.4 is 0 Å². The number of hydrogen-bond donors (Lipinski definition) is 0. The second kappa shape index (κ2) is 7.25. The number of rotatable bonds is 2. The summed E-state index contributed by atoms with van der Waals surface area (Å²) in [5.41, 5.74) is 0.588. The predicted molar refractivity (Wildman–Crippen MR) is 136 cm³/mol. The molecule has 0 N–H and O–H groups in total. The Morgan fingerprint density at radius 1 is 0.727 bits per heavy atom. The molecule has 6 aliphatic rings. The first-order valence-electron chi connectivity index (χ1n) is 14.8. The van der Waals surface area contributed by atoms with Crippen LogP contribution in [0.15, 0.2) is 0 Å². The van der Waals surface area contributed by atoms with Crippen molar-refractivity contribution in [2.45, 2.75) is 111 Å². The molecule has 0 aromatic carbocycles. The van der Waals surface area contributed by atoms with E-state index in [-0.39, 0.29) is 16.2 Å². The number of nitrogens with zero attached hydrogens (tertiary/aromatic N) is 1. The Bertz CT molecular complexity index is 810. The van der Waals surface area contributed by atoms with Crippen LogP contribution in [0.2, 0.25) is 0 Å². The second-order valence-corrected chi connectivity index (χ2v) is 15.2. The van der Waals surface area contributed by atoms with Crippen LogP contribution in [-0.4, -0.2) is 24.9 Å². The molecule has 186 valence electrons. The van der Waals surface area contributed by atoms with Crippen molar-refractivity contribution in [3.05, 3.63) is 0 Å². The molecule has 9 unspecified atom stereocenters. The fraction of sp³-hybridized carbons (Fsp3) is 0.968. The smallest absolute Gasteiger partial charge is 0.229 e. The van der Waals surface area contributed by atoms with Gasteiger partial charge >= 0.3 is 0 Å². The van der Waals surface area contributed by atoms with Crippen LogP contribution in [0.5, 0.6) is 0 Å². The zero-order valence-corrected chi connectivity index (χ0v) is 22.6. The summed E-state index contributed by atoms with van der Waals surface area (Å²) >= 11 is 0. The third-order valence-corrected chi connectivity index (χ3v) is 13.6. The molecule has 0 bridgehead atoms. The van der Waals surface area contributed by atoms with Gasteiger partial charge in [0.15, 0.2) is 0 Å². The summed E-state index contributed by atoms with van der Waals surface area (Å²) in [6.07, 6.45) is 18.4. The molecule has 0 saturated heterocycles. The van der Waals surface area contributed by atoms with Gasteiger partial charge in [0.2, 0.25) is 5.91 Å². The summed E-state index contributed by atoms with van der Waals surface area (Å²) in [5, 5.41) is 0. The molecule has 6 fully saturated rings. The van der Waals surface area contributed by atoms with Gasteiger partial charge in [0.25, 0.3) is 0 Å². The van der Waals surface area contributed by atoms with E-state index in [0.29, 0.717) is 11.3 Å². The molecular weight excluding hydrogens is 402 g/mol.